The molecular formula is C22H28Cl3N3OS. The summed E-state index contributed by atoms with van der Waals surface area (Å²) in [5.41, 5.74) is 0.822. The molecule has 1 atom stereocenters. The number of carbonyl (C=O) groups excluding carboxylic acids is 1. The highest BCUT2D eigenvalue weighted by molar-refractivity contribution is 8.14. The van der Waals surface area contributed by atoms with Gasteiger partial charge in [-0.3, -0.25) is 9.79 Å². The van der Waals surface area contributed by atoms with Gasteiger partial charge < -0.3 is 10.2 Å². The first-order valence-corrected chi connectivity index (χ1v) is 12.3. The minimum Gasteiger partial charge on any atom is -0.350 e. The Morgan fingerprint density at radius 2 is 1.70 bits per heavy atom. The molecule has 1 aromatic carbocycles. The van der Waals surface area contributed by atoms with Gasteiger partial charge in [-0.1, -0.05) is 35.0 Å². The van der Waals surface area contributed by atoms with Crippen LogP contribution in [0.15, 0.2) is 23.2 Å². The summed E-state index contributed by atoms with van der Waals surface area (Å²) in [7, 11) is 2.09. The third kappa shape index (κ3) is 4.60. The van der Waals surface area contributed by atoms with Gasteiger partial charge in [0.1, 0.15) is 0 Å². The van der Waals surface area contributed by atoms with Crippen LogP contribution in [0.1, 0.15) is 44.9 Å². The van der Waals surface area contributed by atoms with Crippen LogP contribution in [0.2, 0.25) is 10.0 Å². The first kappa shape index (κ1) is 22.6. The number of hydrogen-bond donors (Lipinski definition) is 1. The van der Waals surface area contributed by atoms with Gasteiger partial charge in [0, 0.05) is 41.0 Å². The van der Waals surface area contributed by atoms with Crippen molar-refractivity contribution in [2.45, 2.75) is 56.5 Å². The summed E-state index contributed by atoms with van der Waals surface area (Å²) in [6, 6.07) is 5.27. The van der Waals surface area contributed by atoms with E-state index in [4.69, 9.17) is 28.2 Å². The van der Waals surface area contributed by atoms with Crippen molar-refractivity contribution < 1.29 is 4.79 Å². The molecule has 5 fully saturated rings. The average Bonchev–Trinajstić information content (AvgIpc) is 2.92. The van der Waals surface area contributed by atoms with Gasteiger partial charge in [-0.15, -0.1) is 12.4 Å². The zero-order chi connectivity index (χ0) is 20.2. The van der Waals surface area contributed by atoms with Crippen molar-refractivity contribution in [1.82, 2.24) is 4.90 Å². The van der Waals surface area contributed by atoms with Crippen LogP contribution >= 0.6 is 47.4 Å². The van der Waals surface area contributed by atoms with E-state index in [0.717, 1.165) is 28.7 Å². The summed E-state index contributed by atoms with van der Waals surface area (Å²) in [5.74, 6) is 3.58. The second kappa shape index (κ2) is 8.73. The Kier molecular flexibility index (Phi) is 6.56. The Morgan fingerprint density at radius 3 is 2.27 bits per heavy atom. The Balaban J connectivity index is 0.00000218. The Hall–Kier alpha value is -0.620. The van der Waals surface area contributed by atoms with Crippen LogP contribution in [-0.4, -0.2) is 40.4 Å². The third-order valence-electron chi connectivity index (χ3n) is 7.16. The van der Waals surface area contributed by atoms with Gasteiger partial charge in [0.2, 0.25) is 5.91 Å². The van der Waals surface area contributed by atoms with E-state index in [-0.39, 0.29) is 29.9 Å². The molecular weight excluding hydrogens is 461 g/mol. The van der Waals surface area contributed by atoms with Gasteiger partial charge in [-0.25, -0.2) is 0 Å². The summed E-state index contributed by atoms with van der Waals surface area (Å²) in [6.07, 6.45) is 8.57. The van der Waals surface area contributed by atoms with Crippen molar-refractivity contribution >= 4 is 64.1 Å². The first-order chi connectivity index (χ1) is 13.9. The smallest absolute Gasteiger partial charge is 0.226 e. The predicted molar refractivity (Wildman–Crippen MR) is 129 cm³/mol. The van der Waals surface area contributed by atoms with Gasteiger partial charge in [-0.05, 0) is 74.5 Å². The summed E-state index contributed by atoms with van der Waals surface area (Å²) in [5, 5.41) is 5.10. The number of benzene rings is 1. The Morgan fingerprint density at radius 1 is 1.13 bits per heavy atom. The van der Waals surface area contributed by atoms with E-state index in [1.807, 2.05) is 11.8 Å². The van der Waals surface area contributed by atoms with Crippen LogP contribution in [0.3, 0.4) is 0 Å². The summed E-state index contributed by atoms with van der Waals surface area (Å²) >= 11 is 13.9. The monoisotopic (exact) mass is 487 g/mol. The minimum atomic E-state index is -0.0168. The number of rotatable bonds is 4. The molecule has 1 N–H and O–H groups in total. The van der Waals surface area contributed by atoms with Gasteiger partial charge in [0.15, 0.2) is 5.17 Å². The quantitative estimate of drug-likeness (QED) is 0.555. The minimum absolute atomic E-state index is 0. The standard InChI is InChI=1S/C22H27Cl2N3OS.ClH/c1-27-19(8-20(28)25-18-6-16(23)5-17(24)7-18)12-29-21(27)26-22-9-13-2-14(10-22)4-15(3-13)11-22;/h5-7,13-15,19H,2-4,8-12H2,1H3,(H,25,28);1H/b26-21-;. The lowest BCUT2D eigenvalue weighted by molar-refractivity contribution is -0.116. The number of carbonyl (C=O) groups is 1. The van der Waals surface area contributed by atoms with E-state index < -0.39 is 0 Å². The van der Waals surface area contributed by atoms with Crippen LogP contribution in [0.25, 0.3) is 0 Å². The molecule has 4 aliphatic carbocycles. The second-order valence-electron chi connectivity index (χ2n) is 9.52. The molecule has 4 saturated carbocycles. The Labute approximate surface area is 198 Å². The van der Waals surface area contributed by atoms with Gasteiger partial charge in [-0.2, -0.15) is 0 Å². The number of halogens is 3. The van der Waals surface area contributed by atoms with E-state index in [1.165, 1.54) is 38.5 Å². The van der Waals surface area contributed by atoms with Crippen LogP contribution < -0.4 is 5.32 Å². The van der Waals surface area contributed by atoms with Gasteiger partial charge in [0.05, 0.1) is 5.54 Å². The van der Waals surface area contributed by atoms with Crippen molar-refractivity contribution in [3.8, 4) is 0 Å². The fourth-order valence-electron chi connectivity index (χ4n) is 6.30. The molecule has 1 aromatic rings. The number of thioether (sulfide) groups is 1. The lowest BCUT2D eigenvalue weighted by Crippen LogP contribution is -2.50. The molecule has 6 rings (SSSR count). The maximum absolute atomic E-state index is 12.6. The highest BCUT2D eigenvalue weighted by atomic mass is 35.5. The molecule has 0 radical (unpaired) electrons. The van der Waals surface area contributed by atoms with Crippen LogP contribution in [0, 0.1) is 17.8 Å². The highest BCUT2D eigenvalue weighted by Crippen LogP contribution is 2.57. The molecule has 0 aromatic heterocycles. The summed E-state index contributed by atoms with van der Waals surface area (Å²) in [4.78, 5) is 20.2. The first-order valence-electron chi connectivity index (χ1n) is 10.6. The second-order valence-corrected chi connectivity index (χ2v) is 11.4. The number of nitrogens with zero attached hydrogens (tertiary/aromatic N) is 2. The van der Waals surface area contributed by atoms with Crippen LogP contribution in [0.5, 0.6) is 0 Å². The molecule has 4 bridgehead atoms. The fourth-order valence-corrected chi connectivity index (χ4v) is 8.12. The molecule has 0 spiro atoms. The number of nitrogens with one attached hydrogen (secondary N) is 1. The number of amidine groups is 1. The molecule has 5 aliphatic rings. The van der Waals surface area contributed by atoms with Crippen molar-refractivity contribution in [2.75, 3.05) is 18.1 Å². The van der Waals surface area contributed by atoms with Crippen LogP contribution in [0.4, 0.5) is 5.69 Å². The molecule has 1 amide bonds. The van der Waals surface area contributed by atoms with Crippen molar-refractivity contribution in [3.63, 3.8) is 0 Å². The third-order valence-corrected chi connectivity index (χ3v) is 8.79. The van der Waals surface area contributed by atoms with E-state index in [1.54, 1.807) is 18.2 Å². The lowest BCUT2D eigenvalue weighted by Gasteiger charge is -2.55. The molecule has 30 heavy (non-hydrogen) atoms. The SMILES string of the molecule is CN1/C(=N/C23CC4CC(CC(C4)C2)C3)SCC1CC(=O)Nc1cc(Cl)cc(Cl)c1.Cl. The molecule has 1 unspecified atom stereocenters. The van der Waals surface area contributed by atoms with Gasteiger partial charge in [0.25, 0.3) is 0 Å². The number of amides is 1. The molecule has 1 aliphatic heterocycles. The average molecular weight is 489 g/mol. The summed E-state index contributed by atoms with van der Waals surface area (Å²) < 4.78 is 0. The largest absolute Gasteiger partial charge is 0.350 e. The van der Waals surface area contributed by atoms with Gasteiger partial charge >= 0.3 is 0 Å². The van der Waals surface area contributed by atoms with Crippen molar-refractivity contribution in [3.05, 3.63) is 28.2 Å². The maximum Gasteiger partial charge on any atom is 0.226 e. The topological polar surface area (TPSA) is 44.7 Å². The lowest BCUT2D eigenvalue weighted by atomic mass is 9.53. The molecule has 4 nitrogen and oxygen atoms in total. The molecule has 8 heteroatoms. The normalized spacial score (nSPS) is 35.6. The zero-order valence-corrected chi connectivity index (χ0v) is 20.2. The highest BCUT2D eigenvalue weighted by Gasteiger charge is 2.51. The predicted octanol–water partition coefficient (Wildman–Crippen LogP) is 6.12. The molecule has 1 heterocycles. The van der Waals surface area contributed by atoms with Crippen LogP contribution in [-0.2, 0) is 4.79 Å². The number of hydrogen-bond acceptors (Lipinski definition) is 3. The number of aliphatic imine (C=N–C) groups is 1. The zero-order valence-electron chi connectivity index (χ0n) is 17.1. The van der Waals surface area contributed by atoms with E-state index >= 15 is 0 Å². The summed E-state index contributed by atoms with van der Waals surface area (Å²) in [6.45, 7) is 0. The van der Waals surface area contributed by atoms with E-state index in [2.05, 4.69) is 17.3 Å². The van der Waals surface area contributed by atoms with Crippen molar-refractivity contribution in [2.24, 2.45) is 22.7 Å². The van der Waals surface area contributed by atoms with E-state index in [9.17, 15) is 4.79 Å². The molecule has 164 valence electrons. The molecule has 1 saturated heterocycles. The number of anilines is 1. The maximum atomic E-state index is 12.6. The fraction of sp³-hybridized carbons (Fsp3) is 0.636. The van der Waals surface area contributed by atoms with Crippen molar-refractivity contribution in [1.29, 1.82) is 0 Å². The van der Waals surface area contributed by atoms with E-state index in [0.29, 0.717) is 22.2 Å². The Bertz CT molecular complexity index is 806.